The van der Waals surface area contributed by atoms with Gasteiger partial charge in [0.05, 0.1) is 18.4 Å². The van der Waals surface area contributed by atoms with Crippen molar-refractivity contribution in [3.63, 3.8) is 0 Å². The summed E-state index contributed by atoms with van der Waals surface area (Å²) in [6.07, 6.45) is 0. The lowest BCUT2D eigenvalue weighted by atomic mass is 10.1. The molecule has 0 aliphatic rings. The Morgan fingerprint density at radius 1 is 0.882 bits per heavy atom. The summed E-state index contributed by atoms with van der Waals surface area (Å²) in [5, 5.41) is 6.74. The van der Waals surface area contributed by atoms with E-state index in [0.29, 0.717) is 21.9 Å². The van der Waals surface area contributed by atoms with Crippen molar-refractivity contribution < 1.29 is 28.2 Å². The number of rotatable bonds is 6. The Morgan fingerprint density at radius 2 is 1.53 bits per heavy atom. The van der Waals surface area contributed by atoms with Crippen LogP contribution >= 0.6 is 11.6 Å². The second-order valence-electron chi connectivity index (χ2n) is 6.86. The number of halogens is 2. The second kappa shape index (κ2) is 11.1. The van der Waals surface area contributed by atoms with Gasteiger partial charge in [-0.3, -0.25) is 9.59 Å². The lowest BCUT2D eigenvalue weighted by molar-refractivity contribution is -0.136. The van der Waals surface area contributed by atoms with Gasteiger partial charge >= 0.3 is 17.8 Å². The molecule has 10 heteroatoms. The van der Waals surface area contributed by atoms with E-state index in [2.05, 4.69) is 15.8 Å². The maximum absolute atomic E-state index is 12.9. The third-order valence-corrected chi connectivity index (χ3v) is 4.75. The summed E-state index contributed by atoms with van der Waals surface area (Å²) < 4.78 is 23.6. The third kappa shape index (κ3) is 6.39. The number of hydrazone groups is 1. The normalized spacial score (nSPS) is 10.9. The zero-order valence-electron chi connectivity index (χ0n) is 18.1. The minimum Gasteiger partial charge on any atom is -0.493 e. The summed E-state index contributed by atoms with van der Waals surface area (Å²) >= 11 is 5.83. The van der Waals surface area contributed by atoms with E-state index in [1.165, 1.54) is 37.4 Å². The number of methoxy groups -OCH3 is 1. The summed E-state index contributed by atoms with van der Waals surface area (Å²) in [6, 6.07) is 15.9. The highest BCUT2D eigenvalue weighted by molar-refractivity contribution is 6.39. The van der Waals surface area contributed by atoms with Gasteiger partial charge < -0.3 is 14.8 Å². The molecular weight excluding hydrogens is 465 g/mol. The van der Waals surface area contributed by atoms with Crippen molar-refractivity contribution in [1.82, 2.24) is 5.43 Å². The van der Waals surface area contributed by atoms with E-state index in [0.717, 1.165) is 12.1 Å². The van der Waals surface area contributed by atoms with Gasteiger partial charge in [0, 0.05) is 16.3 Å². The molecule has 0 atom stereocenters. The second-order valence-corrected chi connectivity index (χ2v) is 7.30. The summed E-state index contributed by atoms with van der Waals surface area (Å²) in [6.45, 7) is 1.60. The van der Waals surface area contributed by atoms with E-state index in [1.807, 2.05) is 0 Å². The van der Waals surface area contributed by atoms with Gasteiger partial charge in [-0.25, -0.2) is 14.6 Å². The van der Waals surface area contributed by atoms with Gasteiger partial charge in [-0.2, -0.15) is 5.10 Å². The molecule has 0 spiro atoms. The van der Waals surface area contributed by atoms with E-state index < -0.39 is 23.6 Å². The van der Waals surface area contributed by atoms with E-state index in [-0.39, 0.29) is 17.2 Å². The van der Waals surface area contributed by atoms with Gasteiger partial charge in [0.15, 0.2) is 11.5 Å². The van der Waals surface area contributed by atoms with Crippen LogP contribution in [-0.4, -0.2) is 30.6 Å². The Morgan fingerprint density at radius 3 is 2.18 bits per heavy atom. The Hall–Kier alpha value is -4.24. The molecule has 0 aliphatic carbocycles. The molecule has 3 aromatic carbocycles. The van der Waals surface area contributed by atoms with Crippen molar-refractivity contribution in [3.05, 3.63) is 88.7 Å². The number of nitrogens with zero attached hydrogens (tertiary/aromatic N) is 1. The van der Waals surface area contributed by atoms with Gasteiger partial charge in [0.25, 0.3) is 0 Å². The van der Waals surface area contributed by atoms with Crippen molar-refractivity contribution in [2.45, 2.75) is 6.92 Å². The number of anilines is 1. The Kier molecular flexibility index (Phi) is 7.94. The first-order chi connectivity index (χ1) is 16.3. The maximum atomic E-state index is 12.9. The molecule has 0 saturated carbocycles. The lowest BCUT2D eigenvalue weighted by Gasteiger charge is -2.11. The highest BCUT2D eigenvalue weighted by atomic mass is 35.5. The summed E-state index contributed by atoms with van der Waals surface area (Å²) in [4.78, 5) is 36.3. The first-order valence-electron chi connectivity index (χ1n) is 9.84. The summed E-state index contributed by atoms with van der Waals surface area (Å²) in [5.41, 5.74) is 3.63. The smallest absolute Gasteiger partial charge is 0.343 e. The number of amides is 2. The molecule has 0 bridgehead atoms. The third-order valence-electron chi connectivity index (χ3n) is 4.50. The Bertz CT molecular complexity index is 1240. The van der Waals surface area contributed by atoms with Crippen molar-refractivity contribution in [2.75, 3.05) is 12.4 Å². The molecule has 0 aromatic heterocycles. The lowest BCUT2D eigenvalue weighted by Crippen LogP contribution is -2.32. The average Bonchev–Trinajstić information content (AvgIpc) is 2.84. The van der Waals surface area contributed by atoms with Gasteiger partial charge in [0.2, 0.25) is 0 Å². The number of esters is 1. The van der Waals surface area contributed by atoms with Gasteiger partial charge in [-0.15, -0.1) is 0 Å². The minimum atomic E-state index is -1.01. The van der Waals surface area contributed by atoms with Crippen molar-refractivity contribution in [3.8, 4) is 11.5 Å². The molecule has 0 heterocycles. The fourth-order valence-corrected chi connectivity index (χ4v) is 2.82. The van der Waals surface area contributed by atoms with Crippen LogP contribution in [-0.2, 0) is 9.59 Å². The fourth-order valence-electron chi connectivity index (χ4n) is 2.69. The van der Waals surface area contributed by atoms with Gasteiger partial charge in [-0.1, -0.05) is 11.6 Å². The predicted octanol–water partition coefficient (Wildman–Crippen LogP) is 4.19. The van der Waals surface area contributed by atoms with Crippen molar-refractivity contribution in [2.24, 2.45) is 5.10 Å². The number of hydrogen-bond acceptors (Lipinski definition) is 6. The molecule has 2 N–H and O–H groups in total. The Labute approximate surface area is 199 Å². The summed E-state index contributed by atoms with van der Waals surface area (Å²) in [7, 11) is 1.41. The number of ether oxygens (including phenoxy) is 2. The quantitative estimate of drug-likeness (QED) is 0.180. The molecule has 3 aromatic rings. The highest BCUT2D eigenvalue weighted by Gasteiger charge is 2.15. The monoisotopic (exact) mass is 483 g/mol. The molecular formula is C24H19ClFN3O5. The van der Waals surface area contributed by atoms with Crippen LogP contribution in [0.25, 0.3) is 0 Å². The minimum absolute atomic E-state index is 0.182. The van der Waals surface area contributed by atoms with Crippen LogP contribution in [0.15, 0.2) is 71.8 Å². The molecule has 2 amide bonds. The first-order valence-corrected chi connectivity index (χ1v) is 10.2. The van der Waals surface area contributed by atoms with Crippen LogP contribution in [0.2, 0.25) is 5.02 Å². The van der Waals surface area contributed by atoms with Gasteiger partial charge in [-0.05, 0) is 73.7 Å². The maximum Gasteiger partial charge on any atom is 0.343 e. The largest absolute Gasteiger partial charge is 0.493 e. The SMILES string of the molecule is COc1cc(/C(C)=N/NC(=O)C(=O)Nc2ccc(F)cc2)ccc1OC(=O)c1ccc(Cl)cc1. The molecule has 0 aliphatic heterocycles. The molecule has 0 unspecified atom stereocenters. The predicted molar refractivity (Wildman–Crippen MR) is 125 cm³/mol. The number of carbonyl (C=O) groups excluding carboxylic acids is 3. The van der Waals surface area contributed by atoms with E-state index in [4.69, 9.17) is 21.1 Å². The van der Waals surface area contributed by atoms with E-state index in [9.17, 15) is 18.8 Å². The van der Waals surface area contributed by atoms with Crippen LogP contribution in [0.4, 0.5) is 10.1 Å². The number of carbonyl (C=O) groups is 3. The van der Waals surface area contributed by atoms with E-state index in [1.54, 1.807) is 31.2 Å². The van der Waals surface area contributed by atoms with Crippen LogP contribution in [0.1, 0.15) is 22.8 Å². The molecule has 0 radical (unpaired) electrons. The van der Waals surface area contributed by atoms with Crippen LogP contribution in [0.3, 0.4) is 0 Å². The zero-order chi connectivity index (χ0) is 24.7. The molecule has 0 fully saturated rings. The average molecular weight is 484 g/mol. The fraction of sp³-hybridized carbons (Fsp3) is 0.0833. The van der Waals surface area contributed by atoms with Crippen LogP contribution < -0.4 is 20.2 Å². The van der Waals surface area contributed by atoms with Crippen molar-refractivity contribution in [1.29, 1.82) is 0 Å². The number of nitrogens with one attached hydrogen (secondary N) is 2. The molecule has 34 heavy (non-hydrogen) atoms. The van der Waals surface area contributed by atoms with Crippen molar-refractivity contribution >= 4 is 40.8 Å². The Balaban J connectivity index is 1.65. The molecule has 3 rings (SSSR count). The van der Waals surface area contributed by atoms with Crippen LogP contribution in [0, 0.1) is 5.82 Å². The van der Waals surface area contributed by atoms with Crippen LogP contribution in [0.5, 0.6) is 11.5 Å². The van der Waals surface area contributed by atoms with E-state index >= 15 is 0 Å². The summed E-state index contributed by atoms with van der Waals surface area (Å²) in [5.74, 6) is -2.60. The van der Waals surface area contributed by atoms with Gasteiger partial charge in [0.1, 0.15) is 5.82 Å². The number of benzene rings is 3. The highest BCUT2D eigenvalue weighted by Crippen LogP contribution is 2.29. The molecule has 8 nitrogen and oxygen atoms in total. The topological polar surface area (TPSA) is 106 Å². The zero-order valence-corrected chi connectivity index (χ0v) is 18.9. The standard InChI is InChI=1S/C24H19ClFN3O5/c1-14(28-29-23(31)22(30)27-19-10-8-18(26)9-11-19)16-5-12-20(21(13-16)33-2)34-24(32)15-3-6-17(25)7-4-15/h3-13H,1-2H3,(H,27,30)(H,29,31)/b28-14+. The molecule has 174 valence electrons. The number of hydrogen-bond donors (Lipinski definition) is 2. The first kappa shape index (κ1) is 24.4. The molecule has 0 saturated heterocycles.